The fourth-order valence-electron chi connectivity index (χ4n) is 1.94. The van der Waals surface area contributed by atoms with Crippen molar-refractivity contribution in [2.75, 3.05) is 29.5 Å². The molecule has 1 saturated heterocycles. The summed E-state index contributed by atoms with van der Waals surface area (Å²) in [6.07, 6.45) is 1.04. The Morgan fingerprint density at radius 2 is 1.75 bits per heavy atom. The van der Waals surface area contributed by atoms with E-state index < -0.39 is 0 Å². The number of piperidine rings is 1. The lowest BCUT2D eigenvalue weighted by Crippen LogP contribution is -2.36. The van der Waals surface area contributed by atoms with E-state index in [4.69, 9.17) is 11.5 Å². The lowest BCUT2D eigenvalue weighted by molar-refractivity contribution is 0.145. The van der Waals surface area contributed by atoms with Gasteiger partial charge in [-0.05, 0) is 18.9 Å². The van der Waals surface area contributed by atoms with Crippen molar-refractivity contribution < 1.29 is 9.50 Å². The zero-order valence-electron chi connectivity index (χ0n) is 8.99. The predicted octanol–water partition coefficient (Wildman–Crippen LogP) is 0.951. The Morgan fingerprint density at radius 1 is 1.19 bits per heavy atom. The highest BCUT2D eigenvalue weighted by Gasteiger charge is 2.20. The topological polar surface area (TPSA) is 75.5 Å². The van der Waals surface area contributed by atoms with Gasteiger partial charge in [-0.2, -0.15) is 0 Å². The van der Waals surface area contributed by atoms with Crippen molar-refractivity contribution in [1.29, 1.82) is 0 Å². The maximum atomic E-state index is 13.7. The predicted molar refractivity (Wildman–Crippen MR) is 62.7 cm³/mol. The van der Waals surface area contributed by atoms with Crippen molar-refractivity contribution in [2.45, 2.75) is 18.9 Å². The van der Waals surface area contributed by atoms with Crippen LogP contribution in [-0.2, 0) is 0 Å². The molecule has 1 heterocycles. The molecule has 0 atom stereocenters. The fourth-order valence-corrected chi connectivity index (χ4v) is 1.94. The number of nitrogens with zero attached hydrogens (tertiary/aromatic N) is 1. The summed E-state index contributed by atoms with van der Waals surface area (Å²) in [5.41, 5.74) is 12.3. The Bertz CT molecular complexity index is 389. The van der Waals surface area contributed by atoms with E-state index in [1.165, 1.54) is 6.07 Å². The Labute approximate surface area is 93.6 Å². The Morgan fingerprint density at radius 3 is 2.38 bits per heavy atom. The summed E-state index contributed by atoms with van der Waals surface area (Å²) >= 11 is 0. The number of rotatable bonds is 1. The summed E-state index contributed by atoms with van der Waals surface area (Å²) in [5, 5.41) is 9.38. The van der Waals surface area contributed by atoms with Crippen molar-refractivity contribution in [3.05, 3.63) is 17.9 Å². The highest BCUT2D eigenvalue weighted by Crippen LogP contribution is 2.28. The van der Waals surface area contributed by atoms with Gasteiger partial charge in [0.15, 0.2) is 0 Å². The van der Waals surface area contributed by atoms with Crippen LogP contribution in [-0.4, -0.2) is 24.3 Å². The first-order chi connectivity index (χ1) is 7.58. The minimum atomic E-state index is -0.358. The molecule has 0 amide bonds. The molecule has 0 saturated carbocycles. The number of hydrogen-bond donors (Lipinski definition) is 3. The van der Waals surface area contributed by atoms with Crippen molar-refractivity contribution in [1.82, 2.24) is 0 Å². The van der Waals surface area contributed by atoms with Gasteiger partial charge in [0, 0.05) is 19.2 Å². The van der Waals surface area contributed by atoms with Crippen LogP contribution < -0.4 is 16.4 Å². The summed E-state index contributed by atoms with van der Waals surface area (Å²) in [6, 6.07) is 2.80. The lowest BCUT2D eigenvalue weighted by Gasteiger charge is -2.31. The largest absolute Gasteiger partial charge is 0.397 e. The van der Waals surface area contributed by atoms with Crippen molar-refractivity contribution in [3.8, 4) is 0 Å². The van der Waals surface area contributed by atoms with E-state index in [1.54, 1.807) is 6.07 Å². The zero-order valence-corrected chi connectivity index (χ0v) is 8.99. The van der Waals surface area contributed by atoms with Gasteiger partial charge in [-0.15, -0.1) is 0 Å². The molecule has 0 aromatic heterocycles. The molecule has 5 N–H and O–H groups in total. The molecule has 4 nitrogen and oxygen atoms in total. The van der Waals surface area contributed by atoms with Crippen molar-refractivity contribution >= 4 is 17.1 Å². The first kappa shape index (κ1) is 11.0. The highest BCUT2D eigenvalue weighted by atomic mass is 19.1. The number of hydrogen-bond acceptors (Lipinski definition) is 4. The van der Waals surface area contributed by atoms with Gasteiger partial charge in [0.25, 0.3) is 0 Å². The summed E-state index contributed by atoms with van der Waals surface area (Å²) in [6.45, 7) is 1.28. The summed E-state index contributed by atoms with van der Waals surface area (Å²) in [4.78, 5) is 1.89. The molecule has 1 fully saturated rings. The van der Waals surface area contributed by atoms with Crippen LogP contribution in [0, 0.1) is 5.82 Å². The molecule has 0 aliphatic carbocycles. The van der Waals surface area contributed by atoms with E-state index in [1.807, 2.05) is 4.90 Å². The molecule has 1 aromatic rings. The molecule has 0 bridgehead atoms. The molecule has 0 radical (unpaired) electrons. The first-order valence-electron chi connectivity index (χ1n) is 5.35. The molecule has 0 spiro atoms. The maximum Gasteiger partial charge on any atom is 0.148 e. The summed E-state index contributed by atoms with van der Waals surface area (Å²) < 4.78 is 13.7. The highest BCUT2D eigenvalue weighted by molar-refractivity contribution is 5.70. The molecule has 1 aromatic carbocycles. The number of nitrogen functional groups attached to an aromatic ring is 2. The van der Waals surface area contributed by atoms with Crippen LogP contribution >= 0.6 is 0 Å². The fraction of sp³-hybridized carbons (Fsp3) is 0.455. The maximum absolute atomic E-state index is 13.7. The second-order valence-corrected chi connectivity index (χ2v) is 4.15. The average molecular weight is 225 g/mol. The van der Waals surface area contributed by atoms with E-state index in [-0.39, 0.29) is 17.6 Å². The Hall–Kier alpha value is -1.49. The van der Waals surface area contributed by atoms with Gasteiger partial charge in [-0.1, -0.05) is 0 Å². The van der Waals surface area contributed by atoms with Gasteiger partial charge in [-0.3, -0.25) is 0 Å². The Kier molecular flexibility index (Phi) is 2.87. The quantitative estimate of drug-likeness (QED) is 0.622. The van der Waals surface area contributed by atoms with Crippen LogP contribution in [0.4, 0.5) is 21.5 Å². The smallest absolute Gasteiger partial charge is 0.148 e. The van der Waals surface area contributed by atoms with Gasteiger partial charge >= 0.3 is 0 Å². The number of anilines is 3. The molecular formula is C11H16FN3O. The SMILES string of the molecule is Nc1cc(F)c(N2CCC(O)CC2)cc1N. The van der Waals surface area contributed by atoms with Crippen LogP contribution in [0.25, 0.3) is 0 Å². The number of aliphatic hydroxyl groups excluding tert-OH is 1. The van der Waals surface area contributed by atoms with Crippen molar-refractivity contribution in [2.24, 2.45) is 0 Å². The molecule has 1 aliphatic heterocycles. The molecular weight excluding hydrogens is 209 g/mol. The third-order valence-corrected chi connectivity index (χ3v) is 2.96. The van der Waals surface area contributed by atoms with Gasteiger partial charge in [0.1, 0.15) is 5.82 Å². The third-order valence-electron chi connectivity index (χ3n) is 2.96. The van der Waals surface area contributed by atoms with Gasteiger partial charge in [-0.25, -0.2) is 4.39 Å². The molecule has 16 heavy (non-hydrogen) atoms. The van der Waals surface area contributed by atoms with E-state index in [9.17, 15) is 9.50 Å². The van der Waals surface area contributed by atoms with Crippen molar-refractivity contribution in [3.63, 3.8) is 0 Å². The summed E-state index contributed by atoms with van der Waals surface area (Å²) in [5.74, 6) is -0.358. The second kappa shape index (κ2) is 4.17. The molecule has 88 valence electrons. The molecule has 5 heteroatoms. The van der Waals surface area contributed by atoms with Crippen LogP contribution in [0.5, 0.6) is 0 Å². The number of benzene rings is 1. The standard InChI is InChI=1S/C11H16FN3O/c12-8-5-9(13)10(14)6-11(8)15-3-1-7(16)2-4-15/h5-7,16H,1-4,13-14H2. The second-order valence-electron chi connectivity index (χ2n) is 4.15. The Balaban J connectivity index is 2.23. The molecule has 0 unspecified atom stereocenters. The average Bonchev–Trinajstić information content (AvgIpc) is 2.25. The monoisotopic (exact) mass is 225 g/mol. The number of aliphatic hydroxyl groups is 1. The van der Waals surface area contributed by atoms with E-state index in [0.29, 0.717) is 37.3 Å². The molecule has 1 aliphatic rings. The van der Waals surface area contributed by atoms with Crippen LogP contribution in [0.15, 0.2) is 12.1 Å². The normalized spacial score (nSPS) is 17.8. The van der Waals surface area contributed by atoms with Crippen LogP contribution in [0.3, 0.4) is 0 Å². The van der Waals surface area contributed by atoms with Gasteiger partial charge < -0.3 is 21.5 Å². The summed E-state index contributed by atoms with van der Waals surface area (Å²) in [7, 11) is 0. The first-order valence-corrected chi connectivity index (χ1v) is 5.35. The number of nitrogens with two attached hydrogens (primary N) is 2. The minimum absolute atomic E-state index is 0.262. The minimum Gasteiger partial charge on any atom is -0.397 e. The third kappa shape index (κ3) is 2.04. The van der Waals surface area contributed by atoms with Gasteiger partial charge in [0.05, 0.1) is 23.2 Å². The van der Waals surface area contributed by atoms with E-state index in [0.717, 1.165) is 0 Å². The van der Waals surface area contributed by atoms with Crippen LogP contribution in [0.2, 0.25) is 0 Å². The lowest BCUT2D eigenvalue weighted by atomic mass is 10.1. The van der Waals surface area contributed by atoms with Gasteiger partial charge in [0.2, 0.25) is 0 Å². The van der Waals surface area contributed by atoms with E-state index >= 15 is 0 Å². The number of halogens is 1. The van der Waals surface area contributed by atoms with Crippen LogP contribution in [0.1, 0.15) is 12.8 Å². The van der Waals surface area contributed by atoms with E-state index in [2.05, 4.69) is 0 Å². The molecule has 2 rings (SSSR count). The zero-order chi connectivity index (χ0) is 11.7.